The Morgan fingerprint density at radius 1 is 1.12 bits per heavy atom. The summed E-state index contributed by atoms with van der Waals surface area (Å²) in [5.74, 6) is -1.62. The van der Waals surface area contributed by atoms with E-state index in [9.17, 15) is 14.4 Å². The molecule has 0 saturated carbocycles. The van der Waals surface area contributed by atoms with Gasteiger partial charge in [0.15, 0.2) is 0 Å². The van der Waals surface area contributed by atoms with Crippen LogP contribution in [0, 0.1) is 0 Å². The van der Waals surface area contributed by atoms with Gasteiger partial charge in [0, 0.05) is 11.3 Å². The molecular formula is C17H17NO4S2. The molecule has 2 aromatic rings. The fourth-order valence-electron chi connectivity index (χ4n) is 2.09. The van der Waals surface area contributed by atoms with Crippen LogP contribution < -0.4 is 5.32 Å². The second-order valence-electron chi connectivity index (χ2n) is 5.07. The Morgan fingerprint density at radius 3 is 2.50 bits per heavy atom. The average molecular weight is 363 g/mol. The van der Waals surface area contributed by atoms with Gasteiger partial charge in [0.2, 0.25) is 11.0 Å². The third kappa shape index (κ3) is 6.17. The number of carbonyl (C=O) groups excluding carboxylic acids is 2. The Balaban J connectivity index is 2.02. The lowest BCUT2D eigenvalue weighted by molar-refractivity contribution is -0.134. The van der Waals surface area contributed by atoms with Crippen molar-refractivity contribution >= 4 is 40.1 Å². The smallest absolute Gasteiger partial charge is 0.313 e. The summed E-state index contributed by atoms with van der Waals surface area (Å²) in [6.45, 7) is 0. The molecule has 0 saturated heterocycles. The SMILES string of the molecule is O=C(O)CSC(=O)[C@H](Cc1ccccc1)NC(=O)Cc1cccs1. The van der Waals surface area contributed by atoms with Crippen LogP contribution in [-0.4, -0.2) is 33.9 Å². The van der Waals surface area contributed by atoms with Crippen molar-refractivity contribution in [1.82, 2.24) is 5.32 Å². The van der Waals surface area contributed by atoms with Crippen molar-refractivity contribution in [2.45, 2.75) is 18.9 Å². The van der Waals surface area contributed by atoms with Gasteiger partial charge in [0.25, 0.3) is 0 Å². The number of nitrogens with one attached hydrogen (secondary N) is 1. The topological polar surface area (TPSA) is 83.5 Å². The second-order valence-corrected chi connectivity index (χ2v) is 7.08. The molecule has 5 nitrogen and oxygen atoms in total. The highest BCUT2D eigenvalue weighted by Crippen LogP contribution is 2.13. The van der Waals surface area contributed by atoms with Crippen molar-refractivity contribution in [1.29, 1.82) is 0 Å². The molecule has 126 valence electrons. The summed E-state index contributed by atoms with van der Waals surface area (Å²) in [4.78, 5) is 36.0. The number of rotatable bonds is 8. The molecule has 24 heavy (non-hydrogen) atoms. The maximum atomic E-state index is 12.3. The Kier molecular flexibility index (Phi) is 7.02. The number of carboxylic acids is 1. The van der Waals surface area contributed by atoms with Gasteiger partial charge in [-0.05, 0) is 17.0 Å². The molecule has 1 atom stereocenters. The first-order valence-corrected chi connectivity index (χ1v) is 9.15. The van der Waals surface area contributed by atoms with Crippen molar-refractivity contribution in [3.8, 4) is 0 Å². The first kappa shape index (κ1) is 18.2. The third-order valence-electron chi connectivity index (χ3n) is 3.16. The van der Waals surface area contributed by atoms with E-state index in [2.05, 4.69) is 5.32 Å². The van der Waals surface area contributed by atoms with Crippen molar-refractivity contribution in [2.75, 3.05) is 5.75 Å². The largest absolute Gasteiger partial charge is 0.481 e. The lowest BCUT2D eigenvalue weighted by Gasteiger charge is -2.17. The number of carbonyl (C=O) groups is 3. The summed E-state index contributed by atoms with van der Waals surface area (Å²) >= 11 is 2.19. The van der Waals surface area contributed by atoms with Gasteiger partial charge in [-0.15, -0.1) is 11.3 Å². The monoisotopic (exact) mass is 363 g/mol. The molecule has 0 aliphatic carbocycles. The van der Waals surface area contributed by atoms with Gasteiger partial charge < -0.3 is 10.4 Å². The second kappa shape index (κ2) is 9.24. The van der Waals surface area contributed by atoms with E-state index in [-0.39, 0.29) is 23.2 Å². The van der Waals surface area contributed by atoms with Gasteiger partial charge in [0.05, 0.1) is 12.2 Å². The summed E-state index contributed by atoms with van der Waals surface area (Å²) in [6, 6.07) is 12.3. The normalized spacial score (nSPS) is 11.7. The number of hydrogen-bond acceptors (Lipinski definition) is 5. The summed E-state index contributed by atoms with van der Waals surface area (Å²) in [7, 11) is 0. The van der Waals surface area contributed by atoms with Gasteiger partial charge in [-0.3, -0.25) is 14.4 Å². The van der Waals surface area contributed by atoms with Crippen LogP contribution in [0.3, 0.4) is 0 Å². The third-order valence-corrected chi connectivity index (χ3v) is 4.99. The van der Waals surface area contributed by atoms with E-state index in [1.807, 2.05) is 47.8 Å². The van der Waals surface area contributed by atoms with Crippen LogP contribution in [-0.2, 0) is 27.2 Å². The van der Waals surface area contributed by atoms with Crippen molar-refractivity contribution in [3.05, 3.63) is 58.3 Å². The number of benzene rings is 1. The van der Waals surface area contributed by atoms with E-state index in [1.165, 1.54) is 11.3 Å². The van der Waals surface area contributed by atoms with Gasteiger partial charge in [-0.2, -0.15) is 0 Å². The Hall–Kier alpha value is -2.12. The zero-order valence-electron chi connectivity index (χ0n) is 12.8. The predicted octanol–water partition coefficient (Wildman–Crippen LogP) is 2.36. The van der Waals surface area contributed by atoms with Gasteiger partial charge >= 0.3 is 5.97 Å². The molecule has 0 radical (unpaired) electrons. The van der Waals surface area contributed by atoms with Gasteiger partial charge in [0.1, 0.15) is 6.04 Å². The zero-order valence-corrected chi connectivity index (χ0v) is 14.4. The molecule has 1 heterocycles. The van der Waals surface area contributed by atoms with Crippen LogP contribution >= 0.6 is 23.1 Å². The van der Waals surface area contributed by atoms with E-state index >= 15 is 0 Å². The average Bonchev–Trinajstić information content (AvgIpc) is 3.05. The predicted molar refractivity (Wildman–Crippen MR) is 95.2 cm³/mol. The van der Waals surface area contributed by atoms with Crippen LogP contribution in [0.4, 0.5) is 0 Å². The fourth-order valence-corrected chi connectivity index (χ4v) is 3.41. The van der Waals surface area contributed by atoms with Crippen LogP contribution in [0.25, 0.3) is 0 Å². The highest BCUT2D eigenvalue weighted by Gasteiger charge is 2.22. The van der Waals surface area contributed by atoms with E-state index in [0.29, 0.717) is 18.2 Å². The molecule has 1 amide bonds. The summed E-state index contributed by atoms with van der Waals surface area (Å²) in [6.07, 6.45) is 0.544. The number of amides is 1. The summed E-state index contributed by atoms with van der Waals surface area (Å²) in [5.41, 5.74) is 0.906. The lowest BCUT2D eigenvalue weighted by atomic mass is 10.1. The van der Waals surface area contributed by atoms with E-state index in [4.69, 9.17) is 5.11 Å². The number of carboxylic acid groups (broad SMARTS) is 1. The van der Waals surface area contributed by atoms with Crippen LogP contribution in [0.15, 0.2) is 47.8 Å². The first-order chi connectivity index (χ1) is 11.5. The van der Waals surface area contributed by atoms with Gasteiger partial charge in [-0.1, -0.05) is 48.2 Å². The fraction of sp³-hybridized carbons (Fsp3) is 0.235. The molecule has 7 heteroatoms. The minimum atomic E-state index is -1.06. The molecule has 1 aromatic carbocycles. The number of thioether (sulfide) groups is 1. The summed E-state index contributed by atoms with van der Waals surface area (Å²) < 4.78 is 0. The number of thiophene rings is 1. The minimum Gasteiger partial charge on any atom is -0.481 e. The molecule has 0 bridgehead atoms. The Labute approximate surface area is 148 Å². The number of aliphatic carboxylic acids is 1. The molecular weight excluding hydrogens is 346 g/mol. The van der Waals surface area contributed by atoms with E-state index < -0.39 is 12.0 Å². The van der Waals surface area contributed by atoms with E-state index in [1.54, 1.807) is 0 Å². The molecule has 2 N–H and O–H groups in total. The van der Waals surface area contributed by atoms with Crippen LogP contribution in [0.2, 0.25) is 0 Å². The van der Waals surface area contributed by atoms with Crippen LogP contribution in [0.1, 0.15) is 10.4 Å². The maximum Gasteiger partial charge on any atom is 0.313 e. The molecule has 1 aromatic heterocycles. The lowest BCUT2D eigenvalue weighted by Crippen LogP contribution is -2.42. The zero-order chi connectivity index (χ0) is 17.4. The van der Waals surface area contributed by atoms with Crippen molar-refractivity contribution in [2.24, 2.45) is 0 Å². The molecule has 0 aliphatic rings. The van der Waals surface area contributed by atoms with Crippen molar-refractivity contribution in [3.63, 3.8) is 0 Å². The number of hydrogen-bond donors (Lipinski definition) is 2. The Bertz CT molecular complexity index is 686. The minimum absolute atomic E-state index is 0.208. The van der Waals surface area contributed by atoms with E-state index in [0.717, 1.165) is 10.4 Å². The molecule has 0 fully saturated rings. The first-order valence-electron chi connectivity index (χ1n) is 7.28. The molecule has 0 spiro atoms. The molecule has 0 unspecified atom stereocenters. The van der Waals surface area contributed by atoms with Crippen LogP contribution in [0.5, 0.6) is 0 Å². The standard InChI is InChI=1S/C17H17NO4S2/c19-15(10-13-7-4-8-23-13)18-14(17(22)24-11-16(20)21)9-12-5-2-1-3-6-12/h1-8,14H,9-11H2,(H,18,19)(H,20,21)/t14-/m0/s1. The van der Waals surface area contributed by atoms with Crippen molar-refractivity contribution < 1.29 is 19.5 Å². The van der Waals surface area contributed by atoms with Gasteiger partial charge in [-0.25, -0.2) is 0 Å². The molecule has 2 rings (SSSR count). The summed E-state index contributed by atoms with van der Waals surface area (Å²) in [5, 5.41) is 13.0. The highest BCUT2D eigenvalue weighted by atomic mass is 32.2. The molecule has 0 aliphatic heterocycles. The maximum absolute atomic E-state index is 12.3. The quantitative estimate of drug-likeness (QED) is 0.752. The highest BCUT2D eigenvalue weighted by molar-refractivity contribution is 8.14. The Morgan fingerprint density at radius 2 is 1.88 bits per heavy atom.